The van der Waals surface area contributed by atoms with E-state index in [1.807, 2.05) is 13.8 Å². The number of methoxy groups -OCH3 is 2. The zero-order valence-corrected chi connectivity index (χ0v) is 15.5. The summed E-state index contributed by atoms with van der Waals surface area (Å²) in [7, 11) is 3.09. The van der Waals surface area contributed by atoms with Crippen molar-refractivity contribution < 1.29 is 19.1 Å². The van der Waals surface area contributed by atoms with Gasteiger partial charge in [-0.05, 0) is 48.4 Å². The van der Waals surface area contributed by atoms with Crippen LogP contribution in [0.25, 0.3) is 0 Å². The molecule has 0 heterocycles. The number of ether oxygens (including phenoxy) is 2. The van der Waals surface area contributed by atoms with Crippen molar-refractivity contribution in [1.82, 2.24) is 0 Å². The molecule has 2 aromatic carbocycles. The van der Waals surface area contributed by atoms with Gasteiger partial charge in [0.15, 0.2) is 0 Å². The maximum atomic E-state index is 12.5. The summed E-state index contributed by atoms with van der Waals surface area (Å²) in [5.41, 5.74) is 1.57. The molecule has 0 saturated heterocycles. The van der Waals surface area contributed by atoms with Gasteiger partial charge in [0.2, 0.25) is 5.91 Å². The van der Waals surface area contributed by atoms with Gasteiger partial charge in [-0.3, -0.25) is 9.59 Å². The second kappa shape index (κ2) is 8.89. The second-order valence-electron chi connectivity index (χ2n) is 6.24. The molecule has 0 aliphatic carbocycles. The highest BCUT2D eigenvalue weighted by atomic mass is 16.5. The van der Waals surface area contributed by atoms with Gasteiger partial charge in [0.25, 0.3) is 5.91 Å². The van der Waals surface area contributed by atoms with Crippen LogP contribution in [0.4, 0.5) is 11.4 Å². The third-order valence-corrected chi connectivity index (χ3v) is 3.68. The van der Waals surface area contributed by atoms with E-state index >= 15 is 0 Å². The topological polar surface area (TPSA) is 76.7 Å². The molecule has 6 nitrogen and oxygen atoms in total. The van der Waals surface area contributed by atoms with Gasteiger partial charge in [-0.2, -0.15) is 0 Å². The first-order valence-corrected chi connectivity index (χ1v) is 8.36. The highest BCUT2D eigenvalue weighted by Gasteiger charge is 2.12. The summed E-state index contributed by atoms with van der Waals surface area (Å²) < 4.78 is 10.4. The summed E-state index contributed by atoms with van der Waals surface area (Å²) in [6.45, 7) is 3.96. The van der Waals surface area contributed by atoms with Gasteiger partial charge in [0.1, 0.15) is 11.5 Å². The Bertz CT molecular complexity index is 770. The SMILES string of the molecule is COc1ccc(C(=O)Nc2cc(NC(=O)CC(C)C)ccc2OC)cc1. The van der Waals surface area contributed by atoms with E-state index in [0.29, 0.717) is 34.9 Å². The number of hydrogen-bond acceptors (Lipinski definition) is 4. The van der Waals surface area contributed by atoms with Gasteiger partial charge in [0, 0.05) is 17.7 Å². The number of benzene rings is 2. The molecule has 2 aromatic rings. The van der Waals surface area contributed by atoms with Crippen LogP contribution in [0, 0.1) is 5.92 Å². The largest absolute Gasteiger partial charge is 0.497 e. The summed E-state index contributed by atoms with van der Waals surface area (Å²) in [4.78, 5) is 24.4. The number of nitrogens with one attached hydrogen (secondary N) is 2. The first-order valence-electron chi connectivity index (χ1n) is 8.36. The minimum Gasteiger partial charge on any atom is -0.497 e. The smallest absolute Gasteiger partial charge is 0.255 e. The van der Waals surface area contributed by atoms with Crippen molar-refractivity contribution in [3.8, 4) is 11.5 Å². The van der Waals surface area contributed by atoms with Crippen molar-refractivity contribution in [3.05, 3.63) is 48.0 Å². The Morgan fingerprint density at radius 1 is 0.962 bits per heavy atom. The van der Waals surface area contributed by atoms with Crippen LogP contribution in [0.1, 0.15) is 30.6 Å². The molecule has 138 valence electrons. The predicted octanol–water partition coefficient (Wildman–Crippen LogP) is 3.94. The minimum absolute atomic E-state index is 0.0717. The van der Waals surface area contributed by atoms with E-state index in [9.17, 15) is 9.59 Å². The number of carbonyl (C=O) groups is 2. The Morgan fingerprint density at radius 2 is 1.65 bits per heavy atom. The molecular formula is C20H24N2O4. The fourth-order valence-electron chi connectivity index (χ4n) is 2.40. The van der Waals surface area contributed by atoms with E-state index in [1.165, 1.54) is 7.11 Å². The van der Waals surface area contributed by atoms with Gasteiger partial charge in [0.05, 0.1) is 19.9 Å². The normalized spacial score (nSPS) is 10.3. The molecule has 26 heavy (non-hydrogen) atoms. The third-order valence-electron chi connectivity index (χ3n) is 3.68. The molecule has 0 aromatic heterocycles. The molecule has 2 N–H and O–H groups in total. The summed E-state index contributed by atoms with van der Waals surface area (Å²) in [6, 6.07) is 11.9. The Morgan fingerprint density at radius 3 is 2.23 bits per heavy atom. The van der Waals surface area contributed by atoms with Gasteiger partial charge in [-0.25, -0.2) is 0 Å². The Hall–Kier alpha value is -3.02. The van der Waals surface area contributed by atoms with Gasteiger partial charge in [-0.1, -0.05) is 13.8 Å². The fraction of sp³-hybridized carbons (Fsp3) is 0.300. The lowest BCUT2D eigenvalue weighted by atomic mass is 10.1. The number of rotatable bonds is 7. The Labute approximate surface area is 153 Å². The van der Waals surface area contributed by atoms with Gasteiger partial charge in [-0.15, -0.1) is 0 Å². The molecule has 6 heteroatoms. The number of hydrogen-bond donors (Lipinski definition) is 2. The minimum atomic E-state index is -0.281. The predicted molar refractivity (Wildman–Crippen MR) is 102 cm³/mol. The molecule has 0 fully saturated rings. The highest BCUT2D eigenvalue weighted by Crippen LogP contribution is 2.28. The van der Waals surface area contributed by atoms with E-state index in [0.717, 1.165) is 0 Å². The van der Waals surface area contributed by atoms with Crippen molar-refractivity contribution in [2.45, 2.75) is 20.3 Å². The Balaban J connectivity index is 2.16. The second-order valence-corrected chi connectivity index (χ2v) is 6.24. The molecule has 2 rings (SSSR count). The van der Waals surface area contributed by atoms with E-state index in [1.54, 1.807) is 49.6 Å². The van der Waals surface area contributed by atoms with Gasteiger partial charge < -0.3 is 20.1 Å². The average Bonchev–Trinajstić information content (AvgIpc) is 2.61. The molecule has 2 amide bonds. The molecule has 0 spiro atoms. The number of anilines is 2. The summed E-state index contributed by atoms with van der Waals surface area (Å²) in [5, 5.41) is 5.64. The fourth-order valence-corrected chi connectivity index (χ4v) is 2.40. The van der Waals surface area contributed by atoms with Gasteiger partial charge >= 0.3 is 0 Å². The van der Waals surface area contributed by atoms with Crippen molar-refractivity contribution in [1.29, 1.82) is 0 Å². The van der Waals surface area contributed by atoms with Crippen LogP contribution in [0.15, 0.2) is 42.5 Å². The lowest BCUT2D eigenvalue weighted by Crippen LogP contribution is -2.15. The van der Waals surface area contributed by atoms with Crippen molar-refractivity contribution in [2.75, 3.05) is 24.9 Å². The first kappa shape index (κ1) is 19.3. The van der Waals surface area contributed by atoms with Crippen LogP contribution in [0.5, 0.6) is 11.5 Å². The maximum absolute atomic E-state index is 12.5. The molecule has 0 aliphatic rings. The van der Waals surface area contributed by atoms with Crippen LogP contribution in [0.3, 0.4) is 0 Å². The van der Waals surface area contributed by atoms with E-state index in [2.05, 4.69) is 10.6 Å². The summed E-state index contributed by atoms with van der Waals surface area (Å²) >= 11 is 0. The van der Waals surface area contributed by atoms with Crippen molar-refractivity contribution in [3.63, 3.8) is 0 Å². The van der Waals surface area contributed by atoms with Crippen LogP contribution in [-0.4, -0.2) is 26.0 Å². The molecule has 0 aliphatic heterocycles. The lowest BCUT2D eigenvalue weighted by molar-refractivity contribution is -0.116. The monoisotopic (exact) mass is 356 g/mol. The summed E-state index contributed by atoms with van der Waals surface area (Å²) in [6.07, 6.45) is 0.430. The highest BCUT2D eigenvalue weighted by molar-refractivity contribution is 6.05. The van der Waals surface area contributed by atoms with Crippen LogP contribution < -0.4 is 20.1 Å². The van der Waals surface area contributed by atoms with Crippen molar-refractivity contribution >= 4 is 23.2 Å². The van der Waals surface area contributed by atoms with Crippen LogP contribution >= 0.6 is 0 Å². The summed E-state index contributed by atoms with van der Waals surface area (Å²) in [5.74, 6) is 1.10. The lowest BCUT2D eigenvalue weighted by Gasteiger charge is -2.13. The van der Waals surface area contributed by atoms with Crippen LogP contribution in [0.2, 0.25) is 0 Å². The maximum Gasteiger partial charge on any atom is 0.255 e. The number of amides is 2. The molecule has 0 radical (unpaired) electrons. The molecule has 0 unspecified atom stereocenters. The molecule has 0 saturated carbocycles. The molecule has 0 bridgehead atoms. The molecule has 0 atom stereocenters. The van der Waals surface area contributed by atoms with E-state index in [4.69, 9.17) is 9.47 Å². The van der Waals surface area contributed by atoms with E-state index < -0.39 is 0 Å². The number of carbonyl (C=O) groups excluding carboxylic acids is 2. The zero-order valence-electron chi connectivity index (χ0n) is 15.5. The standard InChI is InChI=1S/C20H24N2O4/c1-13(2)11-19(23)21-15-7-10-18(26-4)17(12-15)22-20(24)14-5-8-16(25-3)9-6-14/h5-10,12-13H,11H2,1-4H3,(H,21,23)(H,22,24). The zero-order chi connectivity index (χ0) is 19.1. The van der Waals surface area contributed by atoms with Crippen molar-refractivity contribution in [2.24, 2.45) is 5.92 Å². The van der Waals surface area contributed by atoms with E-state index in [-0.39, 0.29) is 17.7 Å². The quantitative estimate of drug-likeness (QED) is 0.788. The third kappa shape index (κ3) is 5.24. The van der Waals surface area contributed by atoms with Crippen LogP contribution in [-0.2, 0) is 4.79 Å². The molecular weight excluding hydrogens is 332 g/mol. The average molecular weight is 356 g/mol. The first-order chi connectivity index (χ1) is 12.4. The Kier molecular flexibility index (Phi) is 6.60.